The number of rotatable bonds is 0. The van der Waals surface area contributed by atoms with Crippen LogP contribution in [0.4, 0.5) is 0 Å². The van der Waals surface area contributed by atoms with Gasteiger partial charge in [-0.05, 0) is 6.07 Å². The van der Waals surface area contributed by atoms with Gasteiger partial charge in [-0.2, -0.15) is 5.10 Å². The summed E-state index contributed by atoms with van der Waals surface area (Å²) in [6.45, 7) is 5.47. The van der Waals surface area contributed by atoms with Gasteiger partial charge in [0.25, 0.3) is 5.91 Å². The van der Waals surface area contributed by atoms with Crippen LogP contribution in [0.2, 0.25) is 0 Å². The summed E-state index contributed by atoms with van der Waals surface area (Å²) in [5.74, 6) is -0.0243. The Balaban J connectivity index is 0.000000336. The molecule has 0 spiro atoms. The van der Waals surface area contributed by atoms with E-state index in [-0.39, 0.29) is 5.91 Å². The summed E-state index contributed by atoms with van der Waals surface area (Å²) in [4.78, 5) is 11.0. The van der Waals surface area contributed by atoms with Gasteiger partial charge in [0.15, 0.2) is 0 Å². The number of nitrogens with one attached hydrogen (secondary N) is 1. The molecular formula is C8H13N3O. The lowest BCUT2D eigenvalue weighted by Gasteiger charge is -2.13. The van der Waals surface area contributed by atoms with Crippen molar-refractivity contribution in [3.8, 4) is 0 Å². The number of carbonyl (C=O) groups is 1. The van der Waals surface area contributed by atoms with Crippen molar-refractivity contribution >= 4 is 5.91 Å². The Morgan fingerprint density at radius 2 is 2.33 bits per heavy atom. The monoisotopic (exact) mass is 167 g/mol. The van der Waals surface area contributed by atoms with Crippen LogP contribution in [0.1, 0.15) is 24.3 Å². The molecule has 4 nitrogen and oxygen atoms in total. The lowest BCUT2D eigenvalue weighted by Crippen LogP contribution is -2.35. The van der Waals surface area contributed by atoms with Crippen LogP contribution in [0.25, 0.3) is 0 Å². The molecule has 1 aromatic rings. The van der Waals surface area contributed by atoms with Gasteiger partial charge < -0.3 is 5.32 Å². The molecule has 0 saturated carbocycles. The number of hydrogen-bond acceptors (Lipinski definition) is 2. The zero-order valence-electron chi connectivity index (χ0n) is 7.37. The summed E-state index contributed by atoms with van der Waals surface area (Å²) in [5.41, 5.74) is 0.659. The van der Waals surface area contributed by atoms with E-state index in [2.05, 4.69) is 10.4 Å². The van der Waals surface area contributed by atoms with Crippen LogP contribution in [0, 0.1) is 0 Å². The van der Waals surface area contributed by atoms with Gasteiger partial charge in [-0.15, -0.1) is 0 Å². The Morgan fingerprint density at radius 3 is 3.00 bits per heavy atom. The molecule has 2 heterocycles. The molecule has 4 heteroatoms. The molecular weight excluding hydrogens is 154 g/mol. The smallest absolute Gasteiger partial charge is 0.269 e. The van der Waals surface area contributed by atoms with Crippen LogP contribution < -0.4 is 5.32 Å². The van der Waals surface area contributed by atoms with Crippen molar-refractivity contribution in [1.82, 2.24) is 15.1 Å². The van der Waals surface area contributed by atoms with E-state index in [1.165, 1.54) is 0 Å². The molecule has 0 atom stereocenters. The van der Waals surface area contributed by atoms with Gasteiger partial charge in [0.1, 0.15) is 5.69 Å². The van der Waals surface area contributed by atoms with E-state index in [0.717, 1.165) is 6.54 Å². The van der Waals surface area contributed by atoms with Gasteiger partial charge in [0.2, 0.25) is 0 Å². The van der Waals surface area contributed by atoms with Crippen molar-refractivity contribution in [2.75, 3.05) is 6.54 Å². The predicted molar refractivity (Wildman–Crippen MR) is 45.9 cm³/mol. The summed E-state index contributed by atoms with van der Waals surface area (Å²) >= 11 is 0. The molecule has 1 N–H and O–H groups in total. The maximum atomic E-state index is 11.0. The summed E-state index contributed by atoms with van der Waals surface area (Å²) < 4.78 is 1.71. The molecule has 66 valence electrons. The molecule has 1 amide bonds. The summed E-state index contributed by atoms with van der Waals surface area (Å²) in [6, 6.07) is 1.72. The van der Waals surface area contributed by atoms with Gasteiger partial charge in [-0.3, -0.25) is 9.48 Å². The highest BCUT2D eigenvalue weighted by molar-refractivity contribution is 5.92. The first-order chi connectivity index (χ1) is 5.88. The van der Waals surface area contributed by atoms with Crippen LogP contribution in [-0.4, -0.2) is 22.2 Å². The van der Waals surface area contributed by atoms with Gasteiger partial charge in [-0.25, -0.2) is 0 Å². The Labute approximate surface area is 71.6 Å². The normalized spacial score (nSPS) is 14.0. The summed E-state index contributed by atoms with van der Waals surface area (Å²) in [6.07, 6.45) is 1.64. The highest BCUT2D eigenvalue weighted by Crippen LogP contribution is 2.01. The third-order valence-corrected chi connectivity index (χ3v) is 1.56. The first-order valence-corrected chi connectivity index (χ1v) is 4.18. The van der Waals surface area contributed by atoms with E-state index in [0.29, 0.717) is 12.2 Å². The number of aromatic nitrogens is 2. The molecule has 1 aliphatic heterocycles. The van der Waals surface area contributed by atoms with Crippen molar-refractivity contribution in [3.63, 3.8) is 0 Å². The summed E-state index contributed by atoms with van der Waals surface area (Å²) in [7, 11) is 0. The maximum Gasteiger partial charge on any atom is 0.269 e. The van der Waals surface area contributed by atoms with Crippen molar-refractivity contribution in [2.24, 2.45) is 0 Å². The predicted octanol–water partition coefficient (Wildman–Crippen LogP) is 0.653. The van der Waals surface area contributed by atoms with E-state index in [9.17, 15) is 4.79 Å². The van der Waals surface area contributed by atoms with Crippen molar-refractivity contribution in [2.45, 2.75) is 20.4 Å². The fourth-order valence-corrected chi connectivity index (χ4v) is 1.07. The van der Waals surface area contributed by atoms with Gasteiger partial charge >= 0.3 is 0 Å². The highest BCUT2D eigenvalue weighted by Gasteiger charge is 2.15. The zero-order valence-corrected chi connectivity index (χ0v) is 7.37. The van der Waals surface area contributed by atoms with Crippen LogP contribution >= 0.6 is 0 Å². The van der Waals surface area contributed by atoms with Crippen molar-refractivity contribution < 1.29 is 4.79 Å². The molecule has 12 heavy (non-hydrogen) atoms. The molecule has 2 rings (SSSR count). The lowest BCUT2D eigenvalue weighted by molar-refractivity contribution is 0.0924. The Kier molecular flexibility index (Phi) is 2.85. The van der Waals surface area contributed by atoms with Gasteiger partial charge in [0.05, 0.1) is 6.54 Å². The fraction of sp³-hybridized carbons (Fsp3) is 0.500. The number of carbonyl (C=O) groups excluding carboxylic acids is 1. The largest absolute Gasteiger partial charge is 0.349 e. The van der Waals surface area contributed by atoms with Crippen LogP contribution in [0.3, 0.4) is 0 Å². The average Bonchev–Trinajstić information content (AvgIpc) is 2.57. The molecule has 0 unspecified atom stereocenters. The lowest BCUT2D eigenvalue weighted by atomic mass is 10.3. The SMILES string of the molecule is CC.O=C1NCCn2nccc21. The Hall–Kier alpha value is -1.32. The third kappa shape index (κ3) is 1.47. The molecule has 0 bridgehead atoms. The molecule has 0 saturated heterocycles. The molecule has 0 aliphatic carbocycles. The second-order valence-corrected chi connectivity index (χ2v) is 2.20. The second-order valence-electron chi connectivity index (χ2n) is 2.20. The maximum absolute atomic E-state index is 11.0. The number of nitrogens with zero attached hydrogens (tertiary/aromatic N) is 2. The first kappa shape index (κ1) is 8.77. The number of amides is 1. The van der Waals surface area contributed by atoms with E-state index >= 15 is 0 Å². The average molecular weight is 167 g/mol. The molecule has 1 aromatic heterocycles. The minimum absolute atomic E-state index is 0.0243. The number of hydrogen-bond donors (Lipinski definition) is 1. The molecule has 0 fully saturated rings. The minimum atomic E-state index is -0.0243. The Bertz CT molecular complexity index is 267. The van der Waals surface area contributed by atoms with Crippen LogP contribution in [0.15, 0.2) is 12.3 Å². The first-order valence-electron chi connectivity index (χ1n) is 4.18. The summed E-state index contributed by atoms with van der Waals surface area (Å²) in [5, 5.41) is 6.69. The van der Waals surface area contributed by atoms with Gasteiger partial charge in [0, 0.05) is 12.7 Å². The van der Waals surface area contributed by atoms with Gasteiger partial charge in [-0.1, -0.05) is 13.8 Å². The number of fused-ring (bicyclic) bond motifs is 1. The van der Waals surface area contributed by atoms with E-state index in [1.807, 2.05) is 13.8 Å². The van der Waals surface area contributed by atoms with Crippen LogP contribution in [0.5, 0.6) is 0 Å². The second kappa shape index (κ2) is 3.90. The molecule has 0 radical (unpaired) electrons. The van der Waals surface area contributed by atoms with Crippen LogP contribution in [-0.2, 0) is 6.54 Å². The van der Waals surface area contributed by atoms with E-state index < -0.39 is 0 Å². The van der Waals surface area contributed by atoms with E-state index in [4.69, 9.17) is 0 Å². The third-order valence-electron chi connectivity index (χ3n) is 1.56. The van der Waals surface area contributed by atoms with Crippen molar-refractivity contribution in [1.29, 1.82) is 0 Å². The molecule has 0 aromatic carbocycles. The minimum Gasteiger partial charge on any atom is -0.349 e. The Morgan fingerprint density at radius 1 is 1.58 bits per heavy atom. The zero-order chi connectivity index (χ0) is 8.97. The quantitative estimate of drug-likeness (QED) is 0.616. The molecule has 1 aliphatic rings. The highest BCUT2D eigenvalue weighted by atomic mass is 16.2. The fourth-order valence-electron chi connectivity index (χ4n) is 1.07. The standard InChI is InChI=1S/C6H7N3O.C2H6/c10-6-5-1-2-8-9(5)4-3-7-6;1-2/h1-2H,3-4H2,(H,7,10);1-2H3. The van der Waals surface area contributed by atoms with E-state index in [1.54, 1.807) is 16.9 Å². The van der Waals surface area contributed by atoms with Crippen molar-refractivity contribution in [3.05, 3.63) is 18.0 Å². The topological polar surface area (TPSA) is 46.9 Å².